The van der Waals surface area contributed by atoms with Crippen molar-refractivity contribution in [3.05, 3.63) is 0 Å². The number of rotatable bonds is 5. The number of nitrogens with one attached hydrogen (secondary N) is 1. The molecule has 1 aliphatic carbocycles. The summed E-state index contributed by atoms with van der Waals surface area (Å²) in [6.45, 7) is 12.2. The molecule has 0 aromatic carbocycles. The predicted octanol–water partition coefficient (Wildman–Crippen LogP) is 1.85. The highest BCUT2D eigenvalue weighted by Gasteiger charge is 2.46. The zero-order valence-electron chi connectivity index (χ0n) is 13.1. The van der Waals surface area contributed by atoms with Crippen LogP contribution in [-0.2, 0) is 10.8 Å². The number of piperazine rings is 1. The highest BCUT2D eigenvalue weighted by Crippen LogP contribution is 2.41. The van der Waals surface area contributed by atoms with Crippen LogP contribution in [0.4, 0.5) is 0 Å². The molecule has 1 saturated heterocycles. The Hall–Kier alpha value is 0.0700. The molecule has 0 spiro atoms. The summed E-state index contributed by atoms with van der Waals surface area (Å²) in [5, 5.41) is 4.07. The summed E-state index contributed by atoms with van der Waals surface area (Å²) in [4.78, 5) is 2.60. The second-order valence-electron chi connectivity index (χ2n) is 7.12. The summed E-state index contributed by atoms with van der Waals surface area (Å²) in [5.74, 6) is 1.50. The van der Waals surface area contributed by atoms with Crippen LogP contribution in [-0.4, -0.2) is 51.8 Å². The molecular weight excluding hydrogens is 256 g/mol. The average molecular weight is 286 g/mol. The average Bonchev–Trinajstić information content (AvgIpc) is 3.12. The Morgan fingerprint density at radius 3 is 2.47 bits per heavy atom. The van der Waals surface area contributed by atoms with Gasteiger partial charge in [0.1, 0.15) is 0 Å². The van der Waals surface area contributed by atoms with Gasteiger partial charge in [-0.2, -0.15) is 0 Å². The second kappa shape index (κ2) is 5.82. The Morgan fingerprint density at radius 2 is 2.00 bits per heavy atom. The topological polar surface area (TPSA) is 32.3 Å². The van der Waals surface area contributed by atoms with Crippen LogP contribution in [0.2, 0.25) is 0 Å². The Kier molecular flexibility index (Phi) is 4.74. The quantitative estimate of drug-likeness (QED) is 0.837. The fourth-order valence-electron chi connectivity index (χ4n) is 3.35. The van der Waals surface area contributed by atoms with Gasteiger partial charge in [-0.25, -0.2) is 0 Å². The lowest BCUT2D eigenvalue weighted by molar-refractivity contribution is 0.0535. The summed E-state index contributed by atoms with van der Waals surface area (Å²) in [6.07, 6.45) is 4.58. The highest BCUT2D eigenvalue weighted by atomic mass is 32.2. The van der Waals surface area contributed by atoms with Gasteiger partial charge in [-0.1, -0.05) is 13.8 Å². The van der Waals surface area contributed by atoms with Gasteiger partial charge < -0.3 is 5.32 Å². The Labute approximate surface area is 121 Å². The van der Waals surface area contributed by atoms with E-state index in [2.05, 4.69) is 37.9 Å². The molecule has 0 bridgehead atoms. The maximum Gasteiger partial charge on any atom is 0.0444 e. The summed E-state index contributed by atoms with van der Waals surface area (Å²) in [5.41, 5.74) is 0.278. The van der Waals surface area contributed by atoms with E-state index in [-0.39, 0.29) is 10.8 Å². The van der Waals surface area contributed by atoms with E-state index in [9.17, 15) is 4.21 Å². The third kappa shape index (κ3) is 3.59. The Bertz CT molecular complexity index is 343. The van der Waals surface area contributed by atoms with Crippen molar-refractivity contribution in [3.8, 4) is 0 Å². The van der Waals surface area contributed by atoms with E-state index in [1.54, 1.807) is 0 Å². The molecule has 2 aliphatic rings. The third-order valence-electron chi connectivity index (χ3n) is 5.02. The van der Waals surface area contributed by atoms with Crippen molar-refractivity contribution in [2.24, 2.45) is 11.8 Å². The maximum atomic E-state index is 11.7. The minimum absolute atomic E-state index is 0.266. The van der Waals surface area contributed by atoms with Crippen LogP contribution in [0.15, 0.2) is 0 Å². The second-order valence-corrected chi connectivity index (χ2v) is 8.92. The number of nitrogens with zero attached hydrogens (tertiary/aromatic N) is 1. The molecule has 4 atom stereocenters. The first-order valence-electron chi connectivity index (χ1n) is 7.65. The molecule has 0 radical (unpaired) electrons. The summed E-state index contributed by atoms with van der Waals surface area (Å²) in [7, 11) is -0.722. The van der Waals surface area contributed by atoms with Crippen LogP contribution < -0.4 is 5.32 Å². The molecule has 4 heteroatoms. The van der Waals surface area contributed by atoms with Crippen molar-refractivity contribution in [1.82, 2.24) is 10.2 Å². The minimum atomic E-state index is -0.722. The SMILES string of the molecule is CC(C)C1CNC(C)(C2CC2)CN1CC(C)S(C)=O. The molecular formula is C15H30N2OS. The lowest BCUT2D eigenvalue weighted by Gasteiger charge is -2.48. The van der Waals surface area contributed by atoms with Crippen molar-refractivity contribution in [1.29, 1.82) is 0 Å². The van der Waals surface area contributed by atoms with Gasteiger partial charge in [0.05, 0.1) is 0 Å². The highest BCUT2D eigenvalue weighted by molar-refractivity contribution is 7.84. The van der Waals surface area contributed by atoms with Crippen molar-refractivity contribution in [2.45, 2.75) is 57.4 Å². The van der Waals surface area contributed by atoms with Crippen LogP contribution in [0.5, 0.6) is 0 Å². The molecule has 0 amide bonds. The van der Waals surface area contributed by atoms with Gasteiger partial charge in [0.2, 0.25) is 0 Å². The van der Waals surface area contributed by atoms with E-state index >= 15 is 0 Å². The van der Waals surface area contributed by atoms with Crippen LogP contribution in [0.3, 0.4) is 0 Å². The van der Waals surface area contributed by atoms with Crippen molar-refractivity contribution < 1.29 is 4.21 Å². The van der Waals surface area contributed by atoms with Gasteiger partial charge in [-0.3, -0.25) is 9.11 Å². The van der Waals surface area contributed by atoms with E-state index in [1.165, 1.54) is 12.8 Å². The van der Waals surface area contributed by atoms with Gasteiger partial charge in [0.25, 0.3) is 0 Å². The maximum absolute atomic E-state index is 11.7. The van der Waals surface area contributed by atoms with Gasteiger partial charge in [0.15, 0.2) is 0 Å². The molecule has 19 heavy (non-hydrogen) atoms. The lowest BCUT2D eigenvalue weighted by Crippen LogP contribution is -2.66. The Balaban J connectivity index is 2.06. The molecule has 4 unspecified atom stereocenters. The summed E-state index contributed by atoms with van der Waals surface area (Å²) >= 11 is 0. The first kappa shape index (κ1) is 15.5. The first-order valence-corrected chi connectivity index (χ1v) is 9.27. The van der Waals surface area contributed by atoms with Crippen molar-refractivity contribution in [3.63, 3.8) is 0 Å². The minimum Gasteiger partial charge on any atom is -0.308 e. The van der Waals surface area contributed by atoms with Crippen LogP contribution in [0.25, 0.3) is 0 Å². The zero-order valence-corrected chi connectivity index (χ0v) is 13.9. The molecule has 0 aromatic heterocycles. The number of hydrogen-bond donors (Lipinski definition) is 1. The number of hydrogen-bond acceptors (Lipinski definition) is 3. The Morgan fingerprint density at radius 1 is 1.37 bits per heavy atom. The van der Waals surface area contributed by atoms with E-state index in [0.717, 1.165) is 25.6 Å². The molecule has 112 valence electrons. The van der Waals surface area contributed by atoms with Crippen LogP contribution in [0, 0.1) is 11.8 Å². The zero-order chi connectivity index (χ0) is 14.2. The fraction of sp³-hybridized carbons (Fsp3) is 1.00. The van der Waals surface area contributed by atoms with Crippen molar-refractivity contribution in [2.75, 3.05) is 25.9 Å². The summed E-state index contributed by atoms with van der Waals surface area (Å²) < 4.78 is 11.7. The molecule has 1 saturated carbocycles. The predicted molar refractivity (Wildman–Crippen MR) is 82.9 cm³/mol. The smallest absolute Gasteiger partial charge is 0.0444 e. The van der Waals surface area contributed by atoms with E-state index < -0.39 is 10.8 Å². The molecule has 0 aromatic rings. The van der Waals surface area contributed by atoms with Crippen molar-refractivity contribution >= 4 is 10.8 Å². The first-order chi connectivity index (χ1) is 8.83. The molecule has 1 N–H and O–H groups in total. The third-order valence-corrected chi connectivity index (χ3v) is 6.30. The molecule has 1 heterocycles. The largest absolute Gasteiger partial charge is 0.308 e. The van der Waals surface area contributed by atoms with Gasteiger partial charge in [-0.05, 0) is 38.5 Å². The standard InChI is InChI=1S/C15H30N2OS/c1-11(2)14-8-16-15(4,13-6-7-13)10-17(14)9-12(3)19(5)18/h11-14,16H,6-10H2,1-5H3. The van der Waals surface area contributed by atoms with Crippen LogP contribution >= 0.6 is 0 Å². The molecule has 1 aliphatic heterocycles. The van der Waals surface area contributed by atoms with Gasteiger partial charge in [-0.15, -0.1) is 0 Å². The normalized spacial score (nSPS) is 36.4. The van der Waals surface area contributed by atoms with Crippen LogP contribution in [0.1, 0.15) is 40.5 Å². The summed E-state index contributed by atoms with van der Waals surface area (Å²) in [6, 6.07) is 0.581. The molecule has 2 rings (SSSR count). The molecule has 3 nitrogen and oxygen atoms in total. The molecule has 2 fully saturated rings. The van der Waals surface area contributed by atoms with E-state index in [4.69, 9.17) is 0 Å². The van der Waals surface area contributed by atoms with E-state index in [0.29, 0.717) is 12.0 Å². The van der Waals surface area contributed by atoms with E-state index in [1.807, 2.05) is 6.26 Å². The monoisotopic (exact) mass is 286 g/mol. The van der Waals surface area contributed by atoms with Gasteiger partial charge >= 0.3 is 0 Å². The lowest BCUT2D eigenvalue weighted by atomic mass is 9.88. The fourth-order valence-corrected chi connectivity index (χ4v) is 3.75. The van der Waals surface area contributed by atoms with Gasteiger partial charge in [0, 0.05) is 53.5 Å².